The second kappa shape index (κ2) is 8.40. The summed E-state index contributed by atoms with van der Waals surface area (Å²) in [6.45, 7) is 4.51. The van der Waals surface area contributed by atoms with Gasteiger partial charge in [-0.3, -0.25) is 4.79 Å². The van der Waals surface area contributed by atoms with E-state index in [9.17, 15) is 4.79 Å². The van der Waals surface area contributed by atoms with Crippen LogP contribution in [0.25, 0.3) is 15.3 Å². The highest BCUT2D eigenvalue weighted by Crippen LogP contribution is 2.44. The number of ether oxygens (including phenoxy) is 3. The first kappa shape index (κ1) is 21.3. The van der Waals surface area contributed by atoms with Crippen LogP contribution in [-0.2, 0) is 4.79 Å². The number of nitrogens with one attached hydrogen (secondary N) is 1. The molecule has 9 heteroatoms. The van der Waals surface area contributed by atoms with Gasteiger partial charge in [0, 0.05) is 29.5 Å². The van der Waals surface area contributed by atoms with Gasteiger partial charge >= 0.3 is 0 Å². The minimum absolute atomic E-state index is 0.0775. The Hall–Kier alpha value is -3.59. The van der Waals surface area contributed by atoms with Crippen LogP contribution in [0.15, 0.2) is 36.4 Å². The Bertz CT molecular complexity index is 1360. The minimum atomic E-state index is -0.192. The molecule has 0 saturated carbocycles. The van der Waals surface area contributed by atoms with Gasteiger partial charge in [-0.25, -0.2) is 4.98 Å². The second-order valence-corrected chi connectivity index (χ2v) is 8.74. The van der Waals surface area contributed by atoms with Gasteiger partial charge in [0.25, 0.3) is 0 Å². The van der Waals surface area contributed by atoms with Crippen LogP contribution >= 0.6 is 11.3 Å². The highest BCUT2D eigenvalue weighted by molar-refractivity contribution is 7.20. The summed E-state index contributed by atoms with van der Waals surface area (Å²) in [7, 11) is 3.24. The largest absolute Gasteiger partial charge is 0.497 e. The molecule has 3 heterocycles. The normalized spacial score (nSPS) is 15.3. The Morgan fingerprint density at radius 1 is 1.15 bits per heavy atom. The van der Waals surface area contributed by atoms with Crippen LogP contribution in [0.1, 0.15) is 36.1 Å². The molecule has 0 saturated heterocycles. The van der Waals surface area contributed by atoms with Crippen molar-refractivity contribution < 1.29 is 19.0 Å². The topological polar surface area (TPSA) is 87.5 Å². The van der Waals surface area contributed by atoms with Crippen LogP contribution in [-0.4, -0.2) is 41.5 Å². The van der Waals surface area contributed by atoms with Crippen LogP contribution in [0.5, 0.6) is 17.2 Å². The Morgan fingerprint density at radius 3 is 2.73 bits per heavy atom. The third-order valence-corrected chi connectivity index (χ3v) is 6.75. The van der Waals surface area contributed by atoms with Gasteiger partial charge in [-0.1, -0.05) is 17.4 Å². The molecule has 1 unspecified atom stereocenters. The van der Waals surface area contributed by atoms with E-state index in [0.29, 0.717) is 35.5 Å². The number of carbonyl (C=O) groups is 1. The van der Waals surface area contributed by atoms with E-state index in [-0.39, 0.29) is 11.8 Å². The zero-order valence-electron chi connectivity index (χ0n) is 18.8. The van der Waals surface area contributed by atoms with E-state index in [0.717, 1.165) is 32.8 Å². The molecule has 1 amide bonds. The summed E-state index contributed by atoms with van der Waals surface area (Å²) >= 11 is 1.50. The van der Waals surface area contributed by atoms with E-state index in [4.69, 9.17) is 24.3 Å². The third kappa shape index (κ3) is 3.68. The van der Waals surface area contributed by atoms with Crippen LogP contribution in [0.4, 0.5) is 5.82 Å². The number of carbonyl (C=O) groups excluding carboxylic acids is 1. The maximum atomic E-state index is 12.8. The molecule has 1 atom stereocenters. The number of anilines is 1. The molecule has 33 heavy (non-hydrogen) atoms. The van der Waals surface area contributed by atoms with E-state index in [1.54, 1.807) is 18.9 Å². The average Bonchev–Trinajstić information content (AvgIpc) is 3.38. The summed E-state index contributed by atoms with van der Waals surface area (Å²) in [5.41, 5.74) is 3.58. The molecule has 0 spiro atoms. The first-order valence-corrected chi connectivity index (χ1v) is 11.5. The van der Waals surface area contributed by atoms with Gasteiger partial charge in [0.2, 0.25) is 11.0 Å². The summed E-state index contributed by atoms with van der Waals surface area (Å²) in [6, 6.07) is 11.5. The smallest absolute Gasteiger partial charge is 0.226 e. The molecular weight excluding hydrogens is 440 g/mol. The van der Waals surface area contributed by atoms with Crippen molar-refractivity contribution in [3.63, 3.8) is 0 Å². The maximum absolute atomic E-state index is 12.8. The van der Waals surface area contributed by atoms with Gasteiger partial charge in [-0.15, -0.1) is 0 Å². The molecule has 1 N–H and O–H groups in total. The minimum Gasteiger partial charge on any atom is -0.497 e. The van der Waals surface area contributed by atoms with Crippen LogP contribution < -0.4 is 19.5 Å². The summed E-state index contributed by atoms with van der Waals surface area (Å²) < 4.78 is 19.3. The van der Waals surface area contributed by atoms with Crippen molar-refractivity contribution >= 4 is 33.3 Å². The number of hydrogen-bond acceptors (Lipinski definition) is 7. The van der Waals surface area contributed by atoms with Crippen molar-refractivity contribution in [2.45, 2.75) is 26.2 Å². The molecule has 4 aromatic rings. The first-order chi connectivity index (χ1) is 16.0. The molecule has 0 radical (unpaired) electrons. The Morgan fingerprint density at radius 2 is 1.97 bits per heavy atom. The molecule has 170 valence electrons. The molecule has 1 aliphatic heterocycles. The van der Waals surface area contributed by atoms with E-state index >= 15 is 0 Å². The summed E-state index contributed by atoms with van der Waals surface area (Å²) in [6.07, 6.45) is 0.305. The fourth-order valence-corrected chi connectivity index (χ4v) is 5.25. The van der Waals surface area contributed by atoms with E-state index < -0.39 is 0 Å². The number of hydrogen-bond donors (Lipinski definition) is 1. The monoisotopic (exact) mass is 464 g/mol. The zero-order chi connectivity index (χ0) is 23.1. The molecule has 5 rings (SSSR count). The van der Waals surface area contributed by atoms with Crippen molar-refractivity contribution in [1.29, 1.82) is 0 Å². The summed E-state index contributed by atoms with van der Waals surface area (Å²) in [5.74, 6) is 2.56. The van der Waals surface area contributed by atoms with Gasteiger partial charge in [-0.05, 0) is 38.1 Å². The number of nitrogens with zero attached hydrogens (tertiary/aromatic N) is 3. The van der Waals surface area contributed by atoms with Crippen molar-refractivity contribution in [2.24, 2.45) is 0 Å². The SMILES string of the molecule is CCOc1ccc2nc(-n3nc(C)c4c3NC(=O)CC4c3ccc(OC)cc3OC)sc2c1. The highest BCUT2D eigenvalue weighted by atomic mass is 32.1. The Balaban J connectivity index is 1.62. The molecule has 1 aliphatic rings. The van der Waals surface area contributed by atoms with Crippen molar-refractivity contribution in [3.05, 3.63) is 53.2 Å². The first-order valence-electron chi connectivity index (χ1n) is 10.7. The number of benzene rings is 2. The maximum Gasteiger partial charge on any atom is 0.226 e. The number of fused-ring (bicyclic) bond motifs is 2. The van der Waals surface area contributed by atoms with Gasteiger partial charge in [0.05, 0.1) is 36.7 Å². The third-order valence-electron chi connectivity index (χ3n) is 5.76. The number of amides is 1. The lowest BCUT2D eigenvalue weighted by atomic mass is 9.85. The van der Waals surface area contributed by atoms with Crippen molar-refractivity contribution in [2.75, 3.05) is 26.1 Å². The predicted octanol–water partition coefficient (Wildman–Crippen LogP) is 4.68. The summed E-state index contributed by atoms with van der Waals surface area (Å²) in [5, 5.41) is 8.48. The average molecular weight is 465 g/mol. The number of aromatic nitrogens is 3. The molecular formula is C24H24N4O4S. The van der Waals surface area contributed by atoms with Gasteiger partial charge in [-0.2, -0.15) is 9.78 Å². The Kier molecular flexibility index (Phi) is 5.41. The number of thiazole rings is 1. The molecule has 2 aromatic heterocycles. The second-order valence-electron chi connectivity index (χ2n) is 7.73. The molecule has 0 fully saturated rings. The van der Waals surface area contributed by atoms with Gasteiger partial charge < -0.3 is 19.5 Å². The van der Waals surface area contributed by atoms with Crippen molar-refractivity contribution in [3.8, 4) is 22.4 Å². The standard InChI is InChI=1S/C24H24N4O4S/c1-5-32-15-7-9-18-20(11-15)33-24(25-18)28-23-22(13(2)27-28)17(12-21(29)26-23)16-8-6-14(30-3)10-19(16)31-4/h6-11,17H,5,12H2,1-4H3,(H,26,29). The fourth-order valence-electron chi connectivity index (χ4n) is 4.30. The molecule has 0 bridgehead atoms. The zero-order valence-corrected chi connectivity index (χ0v) is 19.7. The predicted molar refractivity (Wildman–Crippen MR) is 127 cm³/mol. The van der Waals surface area contributed by atoms with Crippen LogP contribution in [0.2, 0.25) is 0 Å². The molecule has 8 nitrogen and oxygen atoms in total. The Labute approximate surface area is 195 Å². The fraction of sp³-hybridized carbons (Fsp3) is 0.292. The molecule has 0 aliphatic carbocycles. The lowest BCUT2D eigenvalue weighted by molar-refractivity contribution is -0.116. The number of aryl methyl sites for hydroxylation is 1. The number of methoxy groups -OCH3 is 2. The summed E-state index contributed by atoms with van der Waals surface area (Å²) in [4.78, 5) is 17.5. The van der Waals surface area contributed by atoms with E-state index in [1.165, 1.54) is 11.3 Å². The molecule has 2 aromatic carbocycles. The highest BCUT2D eigenvalue weighted by Gasteiger charge is 2.34. The van der Waals surface area contributed by atoms with Crippen LogP contribution in [0.3, 0.4) is 0 Å². The van der Waals surface area contributed by atoms with Gasteiger partial charge in [0.1, 0.15) is 23.1 Å². The van der Waals surface area contributed by atoms with E-state index in [1.807, 2.05) is 50.2 Å². The van der Waals surface area contributed by atoms with Crippen LogP contribution in [0, 0.1) is 6.92 Å². The lowest BCUT2D eigenvalue weighted by Crippen LogP contribution is -2.25. The van der Waals surface area contributed by atoms with Gasteiger partial charge in [0.15, 0.2) is 0 Å². The van der Waals surface area contributed by atoms with E-state index in [2.05, 4.69) is 5.32 Å². The quantitative estimate of drug-likeness (QED) is 0.446. The number of rotatable bonds is 6. The lowest BCUT2D eigenvalue weighted by Gasteiger charge is -2.25. The van der Waals surface area contributed by atoms with Crippen molar-refractivity contribution in [1.82, 2.24) is 14.8 Å².